The van der Waals surface area contributed by atoms with Crippen LogP contribution in [0.5, 0.6) is 0 Å². The maximum absolute atomic E-state index is 12.7. The number of halogens is 4. The van der Waals surface area contributed by atoms with Crippen LogP contribution in [0.25, 0.3) is 0 Å². The van der Waals surface area contributed by atoms with Gasteiger partial charge in [0, 0.05) is 42.9 Å². The number of nitrogens with zero attached hydrogens (tertiary/aromatic N) is 2. The Morgan fingerprint density at radius 1 is 0.923 bits per heavy atom. The second kappa shape index (κ2) is 12.9. The summed E-state index contributed by atoms with van der Waals surface area (Å²) >= 11 is 5.83. The van der Waals surface area contributed by atoms with Crippen LogP contribution in [0.1, 0.15) is 42.5 Å². The molecule has 0 atom stereocenters. The first-order valence-corrected chi connectivity index (χ1v) is 14.1. The van der Waals surface area contributed by atoms with Crippen LogP contribution in [0.15, 0.2) is 47.4 Å². The quantitative estimate of drug-likeness (QED) is 0.432. The highest BCUT2D eigenvalue weighted by molar-refractivity contribution is 7.92. The Morgan fingerprint density at radius 3 is 2.00 bits per heavy atom. The van der Waals surface area contributed by atoms with Crippen molar-refractivity contribution in [3.8, 4) is 0 Å². The highest BCUT2D eigenvalue weighted by atomic mass is 35.5. The topological polar surface area (TPSA) is 127 Å². The molecule has 1 heterocycles. The van der Waals surface area contributed by atoms with E-state index < -0.39 is 28.1 Å². The third-order valence-electron chi connectivity index (χ3n) is 6.61. The Kier molecular flexibility index (Phi) is 10.1. The van der Waals surface area contributed by atoms with E-state index in [0.717, 1.165) is 31.9 Å². The molecule has 1 saturated heterocycles. The van der Waals surface area contributed by atoms with Gasteiger partial charge in [-0.2, -0.15) is 13.2 Å². The molecule has 1 saturated carbocycles. The molecule has 39 heavy (non-hydrogen) atoms. The number of anilines is 2. The molecule has 14 heteroatoms. The van der Waals surface area contributed by atoms with Gasteiger partial charge in [0.1, 0.15) is 0 Å². The Balaban J connectivity index is 0.000000532. The molecule has 4 rings (SSSR count). The number of aromatic carboxylic acids is 1. The fraction of sp³-hybridized carbons (Fsp3) is 0.440. The van der Waals surface area contributed by atoms with Gasteiger partial charge in [-0.1, -0.05) is 30.9 Å². The summed E-state index contributed by atoms with van der Waals surface area (Å²) in [4.78, 5) is 25.5. The molecule has 9 nitrogen and oxygen atoms in total. The number of hydrogen-bond donors (Lipinski definition) is 3. The van der Waals surface area contributed by atoms with Crippen molar-refractivity contribution >= 4 is 44.9 Å². The molecule has 1 aliphatic carbocycles. The van der Waals surface area contributed by atoms with E-state index in [2.05, 4.69) is 14.5 Å². The zero-order valence-corrected chi connectivity index (χ0v) is 22.4. The molecule has 2 fully saturated rings. The molecule has 0 bridgehead atoms. The molecule has 2 aliphatic rings. The molecule has 1 aliphatic heterocycles. The normalized spacial score (nSPS) is 17.2. The first kappa shape index (κ1) is 30.5. The van der Waals surface area contributed by atoms with Crippen LogP contribution >= 0.6 is 11.6 Å². The predicted molar refractivity (Wildman–Crippen MR) is 140 cm³/mol. The van der Waals surface area contributed by atoms with Crippen LogP contribution in [0.4, 0.5) is 24.5 Å². The lowest BCUT2D eigenvalue weighted by molar-refractivity contribution is -0.192. The fourth-order valence-corrected chi connectivity index (χ4v) is 5.81. The van der Waals surface area contributed by atoms with E-state index >= 15 is 0 Å². The number of carbonyl (C=O) groups is 2. The van der Waals surface area contributed by atoms with E-state index in [0.29, 0.717) is 11.1 Å². The van der Waals surface area contributed by atoms with Gasteiger partial charge in [0.2, 0.25) is 0 Å². The number of carboxylic acids is 2. The number of sulfonamides is 1. The van der Waals surface area contributed by atoms with Crippen LogP contribution in [0.3, 0.4) is 0 Å². The molecule has 3 N–H and O–H groups in total. The predicted octanol–water partition coefficient (Wildman–Crippen LogP) is 4.93. The molecule has 0 radical (unpaired) electrons. The van der Waals surface area contributed by atoms with Crippen LogP contribution < -0.4 is 9.62 Å². The summed E-state index contributed by atoms with van der Waals surface area (Å²) in [5.41, 5.74) is 0.756. The lowest BCUT2D eigenvalue weighted by Crippen LogP contribution is -2.50. The maximum atomic E-state index is 12.7. The van der Waals surface area contributed by atoms with Crippen molar-refractivity contribution in [1.82, 2.24) is 4.90 Å². The molecule has 2 aromatic carbocycles. The Morgan fingerprint density at radius 2 is 1.49 bits per heavy atom. The minimum absolute atomic E-state index is 0.0150. The van der Waals surface area contributed by atoms with Gasteiger partial charge in [-0.25, -0.2) is 18.0 Å². The smallest absolute Gasteiger partial charge is 0.478 e. The van der Waals surface area contributed by atoms with Gasteiger partial charge in [0.15, 0.2) is 0 Å². The number of hydrogen-bond acceptors (Lipinski definition) is 6. The van der Waals surface area contributed by atoms with Crippen LogP contribution in [-0.2, 0) is 14.8 Å². The van der Waals surface area contributed by atoms with Crippen molar-refractivity contribution in [3.63, 3.8) is 0 Å². The summed E-state index contributed by atoms with van der Waals surface area (Å²) in [6, 6.07) is 11.2. The summed E-state index contributed by atoms with van der Waals surface area (Å²) < 4.78 is 59.5. The highest BCUT2D eigenvalue weighted by Crippen LogP contribution is 2.29. The number of aliphatic carboxylic acids is 1. The Hall–Kier alpha value is -3.03. The van der Waals surface area contributed by atoms with Crippen molar-refractivity contribution in [1.29, 1.82) is 0 Å². The van der Waals surface area contributed by atoms with E-state index in [1.807, 2.05) is 0 Å². The third kappa shape index (κ3) is 8.48. The van der Waals surface area contributed by atoms with Crippen LogP contribution in [0, 0.1) is 0 Å². The Labute approximate surface area is 229 Å². The summed E-state index contributed by atoms with van der Waals surface area (Å²) in [5.74, 6) is -3.94. The van der Waals surface area contributed by atoms with Crippen molar-refractivity contribution in [2.45, 2.75) is 49.2 Å². The average Bonchev–Trinajstić information content (AvgIpc) is 2.89. The SMILES string of the molecule is O=C(O)C(F)(F)F.O=C(O)c1cc(N2CCN(C3CCCCC3)CC2)ccc1NS(=O)(=O)c1ccc(Cl)cc1. The number of alkyl halides is 3. The zero-order valence-electron chi connectivity index (χ0n) is 20.8. The first-order valence-electron chi connectivity index (χ1n) is 12.2. The number of nitrogens with one attached hydrogen (secondary N) is 1. The lowest BCUT2D eigenvalue weighted by atomic mass is 9.94. The number of piperazine rings is 1. The highest BCUT2D eigenvalue weighted by Gasteiger charge is 2.38. The van der Waals surface area contributed by atoms with Gasteiger partial charge in [-0.15, -0.1) is 0 Å². The van der Waals surface area contributed by atoms with E-state index in [4.69, 9.17) is 21.5 Å². The lowest BCUT2D eigenvalue weighted by Gasteiger charge is -2.41. The standard InChI is InChI=1S/C23H28ClN3O4S.C2HF3O2/c24-17-6-9-20(10-7-17)32(30,31)25-22-11-8-19(16-21(22)23(28)29)27-14-12-26(13-15-27)18-4-2-1-3-5-18;3-2(4,5)1(6)7/h6-11,16,18,25H,1-5,12-15H2,(H,28,29);(H,6,7). The molecule has 2 aromatic rings. The molecule has 214 valence electrons. The van der Waals surface area contributed by atoms with Crippen molar-refractivity contribution in [2.24, 2.45) is 0 Å². The van der Waals surface area contributed by atoms with E-state index in [1.165, 1.54) is 62.4 Å². The minimum Gasteiger partial charge on any atom is -0.478 e. The maximum Gasteiger partial charge on any atom is 0.490 e. The van der Waals surface area contributed by atoms with Gasteiger partial charge in [-0.3, -0.25) is 9.62 Å². The van der Waals surface area contributed by atoms with Crippen molar-refractivity contribution in [3.05, 3.63) is 53.1 Å². The van der Waals surface area contributed by atoms with Crippen molar-refractivity contribution < 1.29 is 41.4 Å². The molecule has 0 aromatic heterocycles. The van der Waals surface area contributed by atoms with Gasteiger partial charge in [-0.05, 0) is 55.3 Å². The largest absolute Gasteiger partial charge is 0.490 e. The van der Waals surface area contributed by atoms with E-state index in [-0.39, 0.29) is 16.1 Å². The van der Waals surface area contributed by atoms with Gasteiger partial charge in [0.05, 0.1) is 16.1 Å². The molecule has 0 unspecified atom stereocenters. The molecular formula is C25H29ClF3N3O6S. The van der Waals surface area contributed by atoms with Gasteiger partial charge in [0.25, 0.3) is 10.0 Å². The number of rotatable bonds is 6. The fourth-order valence-electron chi connectivity index (χ4n) is 4.60. The van der Waals surface area contributed by atoms with Crippen LogP contribution in [-0.4, -0.2) is 73.9 Å². The van der Waals surface area contributed by atoms with Gasteiger partial charge >= 0.3 is 18.1 Å². The summed E-state index contributed by atoms with van der Waals surface area (Å²) in [5, 5.41) is 17.3. The second-order valence-corrected chi connectivity index (χ2v) is 11.3. The first-order chi connectivity index (χ1) is 18.3. The average molecular weight is 592 g/mol. The second-order valence-electron chi connectivity index (χ2n) is 9.21. The molecule has 0 spiro atoms. The van der Waals surface area contributed by atoms with Crippen LogP contribution in [0.2, 0.25) is 5.02 Å². The zero-order chi connectivity index (χ0) is 28.8. The summed E-state index contributed by atoms with van der Waals surface area (Å²) in [6.45, 7) is 3.56. The summed E-state index contributed by atoms with van der Waals surface area (Å²) in [7, 11) is -3.94. The number of carboxylic acid groups (broad SMARTS) is 2. The monoisotopic (exact) mass is 591 g/mol. The molecule has 0 amide bonds. The van der Waals surface area contributed by atoms with E-state index in [9.17, 15) is 31.5 Å². The van der Waals surface area contributed by atoms with Crippen molar-refractivity contribution in [2.75, 3.05) is 35.8 Å². The van der Waals surface area contributed by atoms with E-state index in [1.54, 1.807) is 12.1 Å². The number of benzene rings is 2. The van der Waals surface area contributed by atoms with Gasteiger partial charge < -0.3 is 15.1 Å². The minimum atomic E-state index is -5.08. The molecular weight excluding hydrogens is 563 g/mol. The summed E-state index contributed by atoms with van der Waals surface area (Å²) in [6.07, 6.45) is 1.40. The third-order valence-corrected chi connectivity index (χ3v) is 8.25. The Bertz CT molecular complexity index is 1260.